The predicted molar refractivity (Wildman–Crippen MR) is 95.1 cm³/mol. The third kappa shape index (κ3) is 4.00. The van der Waals surface area contributed by atoms with Crippen LogP contribution in [-0.2, 0) is 6.61 Å². The molecule has 0 heterocycles. The van der Waals surface area contributed by atoms with Crippen molar-refractivity contribution in [1.29, 1.82) is 5.26 Å². The molecule has 112 valence electrons. The minimum absolute atomic E-state index is 0.537. The van der Waals surface area contributed by atoms with Crippen LogP contribution in [0.15, 0.2) is 77.3 Å². The van der Waals surface area contributed by atoms with Gasteiger partial charge in [-0.05, 0) is 53.1 Å². The summed E-state index contributed by atoms with van der Waals surface area (Å²) in [4.78, 5) is 0. The van der Waals surface area contributed by atoms with Crippen molar-refractivity contribution in [3.05, 3.63) is 88.4 Å². The predicted octanol–water partition coefficient (Wildman–Crippen LogP) is 5.57. The summed E-state index contributed by atoms with van der Waals surface area (Å²) in [6.07, 6.45) is 0. The molecule has 0 saturated heterocycles. The molecule has 0 saturated carbocycles. The monoisotopic (exact) mass is 363 g/mol. The molecule has 3 heteroatoms. The Balaban J connectivity index is 1.68. The molecule has 0 N–H and O–H groups in total. The fraction of sp³-hybridized carbons (Fsp3) is 0.0500. The molecular formula is C20H14BrNO. The topological polar surface area (TPSA) is 33.0 Å². The molecule has 2 nitrogen and oxygen atoms in total. The highest BCUT2D eigenvalue weighted by molar-refractivity contribution is 9.10. The van der Waals surface area contributed by atoms with Crippen molar-refractivity contribution in [3.8, 4) is 22.9 Å². The fourth-order valence-electron chi connectivity index (χ4n) is 2.27. The molecular weight excluding hydrogens is 350 g/mol. The van der Waals surface area contributed by atoms with Crippen molar-refractivity contribution < 1.29 is 4.74 Å². The lowest BCUT2D eigenvalue weighted by Crippen LogP contribution is -1.95. The van der Waals surface area contributed by atoms with Gasteiger partial charge in [-0.25, -0.2) is 0 Å². The molecule has 0 unspecified atom stereocenters. The molecule has 0 bridgehead atoms. The maximum Gasteiger partial charge on any atom is 0.119 e. The summed E-state index contributed by atoms with van der Waals surface area (Å²) in [6, 6.07) is 25.7. The number of ether oxygens (including phenoxy) is 1. The average Bonchev–Trinajstić information content (AvgIpc) is 2.61. The van der Waals surface area contributed by atoms with Crippen LogP contribution in [0.25, 0.3) is 11.1 Å². The van der Waals surface area contributed by atoms with Gasteiger partial charge in [-0.3, -0.25) is 0 Å². The van der Waals surface area contributed by atoms with Crippen molar-refractivity contribution >= 4 is 15.9 Å². The second-order valence-corrected chi connectivity index (χ2v) is 6.05. The lowest BCUT2D eigenvalue weighted by Gasteiger charge is -2.08. The van der Waals surface area contributed by atoms with Crippen molar-refractivity contribution in [2.45, 2.75) is 6.61 Å². The summed E-state index contributed by atoms with van der Waals surface area (Å²) in [5.41, 5.74) is 3.98. The van der Waals surface area contributed by atoms with E-state index < -0.39 is 0 Å². The normalized spacial score (nSPS) is 10.1. The van der Waals surface area contributed by atoms with E-state index >= 15 is 0 Å². The van der Waals surface area contributed by atoms with Gasteiger partial charge in [-0.15, -0.1) is 0 Å². The molecule has 0 amide bonds. The number of hydrogen-bond donors (Lipinski definition) is 0. The first-order valence-corrected chi connectivity index (χ1v) is 8.02. The van der Waals surface area contributed by atoms with E-state index in [1.54, 1.807) is 0 Å². The zero-order chi connectivity index (χ0) is 16.1. The Kier molecular flexibility index (Phi) is 4.75. The van der Waals surface area contributed by atoms with Crippen molar-refractivity contribution in [1.82, 2.24) is 0 Å². The summed E-state index contributed by atoms with van der Waals surface area (Å²) in [5.74, 6) is 0.836. The largest absolute Gasteiger partial charge is 0.489 e. The second kappa shape index (κ2) is 7.13. The molecule has 0 aliphatic heterocycles. The summed E-state index contributed by atoms with van der Waals surface area (Å²) >= 11 is 3.46. The highest BCUT2D eigenvalue weighted by Gasteiger charge is 2.00. The summed E-state index contributed by atoms with van der Waals surface area (Å²) in [7, 11) is 0. The third-order valence-corrected chi connectivity index (χ3v) is 3.99. The van der Waals surface area contributed by atoms with Crippen LogP contribution in [0.4, 0.5) is 0 Å². The van der Waals surface area contributed by atoms with Gasteiger partial charge in [0.15, 0.2) is 0 Å². The van der Waals surface area contributed by atoms with Crippen LogP contribution in [0.3, 0.4) is 0 Å². The maximum atomic E-state index is 8.84. The van der Waals surface area contributed by atoms with E-state index in [0.717, 1.165) is 26.9 Å². The molecule has 0 aliphatic rings. The van der Waals surface area contributed by atoms with Gasteiger partial charge in [-0.1, -0.05) is 52.3 Å². The first-order chi connectivity index (χ1) is 11.2. The van der Waals surface area contributed by atoms with E-state index in [1.165, 1.54) is 0 Å². The minimum atomic E-state index is 0.537. The van der Waals surface area contributed by atoms with Crippen molar-refractivity contribution in [3.63, 3.8) is 0 Å². The van der Waals surface area contributed by atoms with E-state index in [9.17, 15) is 0 Å². The number of rotatable bonds is 4. The highest BCUT2D eigenvalue weighted by atomic mass is 79.9. The second-order valence-electron chi connectivity index (χ2n) is 5.13. The van der Waals surface area contributed by atoms with Crippen LogP contribution in [0, 0.1) is 11.3 Å². The lowest BCUT2D eigenvalue weighted by molar-refractivity contribution is 0.306. The van der Waals surface area contributed by atoms with E-state index in [4.69, 9.17) is 10.00 Å². The Morgan fingerprint density at radius 2 is 1.52 bits per heavy atom. The highest BCUT2D eigenvalue weighted by Crippen LogP contribution is 2.23. The molecule has 3 aromatic carbocycles. The smallest absolute Gasteiger partial charge is 0.119 e. The molecule has 3 rings (SSSR count). The molecule has 3 aromatic rings. The first kappa shape index (κ1) is 15.3. The van der Waals surface area contributed by atoms with Gasteiger partial charge in [0.25, 0.3) is 0 Å². The molecule has 0 spiro atoms. The summed E-state index contributed by atoms with van der Waals surface area (Å²) in [5, 5.41) is 8.84. The number of nitrogens with zero attached hydrogens (tertiary/aromatic N) is 1. The zero-order valence-corrected chi connectivity index (χ0v) is 14.0. The number of benzene rings is 3. The van der Waals surface area contributed by atoms with E-state index in [1.807, 2.05) is 72.8 Å². The number of nitriles is 1. The maximum absolute atomic E-state index is 8.84. The first-order valence-electron chi connectivity index (χ1n) is 7.22. The van der Waals surface area contributed by atoms with Crippen LogP contribution in [0.5, 0.6) is 5.75 Å². The van der Waals surface area contributed by atoms with Gasteiger partial charge in [0.1, 0.15) is 12.4 Å². The van der Waals surface area contributed by atoms with E-state index in [2.05, 4.69) is 22.0 Å². The molecule has 0 aromatic heterocycles. The standard InChI is InChI=1S/C20H14BrNO/c21-19-3-1-2-16(12-19)14-23-20-10-8-18(9-11-20)17-6-4-15(13-22)5-7-17/h1-12H,14H2. The van der Waals surface area contributed by atoms with Gasteiger partial charge < -0.3 is 4.74 Å². The Hall–Kier alpha value is -2.57. The quantitative estimate of drug-likeness (QED) is 0.607. The molecule has 0 fully saturated rings. The van der Waals surface area contributed by atoms with Gasteiger partial charge in [0, 0.05) is 4.47 Å². The number of halogens is 1. The SMILES string of the molecule is N#Cc1ccc(-c2ccc(OCc3cccc(Br)c3)cc2)cc1. The van der Waals surface area contributed by atoms with Gasteiger partial charge in [0.2, 0.25) is 0 Å². The summed E-state index contributed by atoms with van der Waals surface area (Å²) < 4.78 is 6.86. The van der Waals surface area contributed by atoms with Crippen LogP contribution in [-0.4, -0.2) is 0 Å². The fourth-order valence-corrected chi connectivity index (χ4v) is 2.72. The molecule has 0 atom stereocenters. The lowest BCUT2D eigenvalue weighted by atomic mass is 10.0. The van der Waals surface area contributed by atoms with Gasteiger partial charge >= 0.3 is 0 Å². The Morgan fingerprint density at radius 1 is 0.870 bits per heavy atom. The van der Waals surface area contributed by atoms with Gasteiger partial charge in [0.05, 0.1) is 11.6 Å². The van der Waals surface area contributed by atoms with E-state index in [0.29, 0.717) is 12.2 Å². The Morgan fingerprint density at radius 3 is 2.13 bits per heavy atom. The van der Waals surface area contributed by atoms with Crippen molar-refractivity contribution in [2.75, 3.05) is 0 Å². The Bertz CT molecular complexity index is 833. The minimum Gasteiger partial charge on any atom is -0.489 e. The molecule has 0 aliphatic carbocycles. The zero-order valence-electron chi connectivity index (χ0n) is 12.4. The van der Waals surface area contributed by atoms with E-state index in [-0.39, 0.29) is 0 Å². The van der Waals surface area contributed by atoms with Crippen molar-refractivity contribution in [2.24, 2.45) is 0 Å². The van der Waals surface area contributed by atoms with Crippen LogP contribution in [0.2, 0.25) is 0 Å². The third-order valence-electron chi connectivity index (χ3n) is 3.50. The molecule has 0 radical (unpaired) electrons. The van der Waals surface area contributed by atoms with Crippen LogP contribution >= 0.6 is 15.9 Å². The number of hydrogen-bond acceptors (Lipinski definition) is 2. The summed E-state index contributed by atoms with van der Waals surface area (Å²) in [6.45, 7) is 0.537. The molecule has 23 heavy (non-hydrogen) atoms. The van der Waals surface area contributed by atoms with Crippen LogP contribution < -0.4 is 4.74 Å². The Labute approximate surface area is 144 Å². The van der Waals surface area contributed by atoms with Gasteiger partial charge in [-0.2, -0.15) is 5.26 Å². The average molecular weight is 364 g/mol. The van der Waals surface area contributed by atoms with Crippen LogP contribution in [0.1, 0.15) is 11.1 Å².